The fraction of sp³-hybridized carbons (Fsp3) is 0.261. The molecule has 0 atom stereocenters. The van der Waals surface area contributed by atoms with Gasteiger partial charge in [0.25, 0.3) is 0 Å². The van der Waals surface area contributed by atoms with E-state index < -0.39 is 0 Å². The predicted octanol–water partition coefficient (Wildman–Crippen LogP) is 4.88. The molecule has 1 heterocycles. The molecule has 2 aromatic carbocycles. The van der Waals surface area contributed by atoms with Gasteiger partial charge in [0.15, 0.2) is 11.5 Å². The maximum Gasteiger partial charge on any atom is 0.213 e. The van der Waals surface area contributed by atoms with Gasteiger partial charge in [-0.3, -0.25) is 0 Å². The Hall–Kier alpha value is -2.76. The lowest BCUT2D eigenvalue weighted by Gasteiger charge is -2.16. The minimum atomic E-state index is 0.422. The molecule has 0 spiro atoms. The Balaban J connectivity index is 1.50. The molecule has 0 saturated heterocycles. The number of nitrogens with one attached hydrogen (secondary N) is 1. The van der Waals surface area contributed by atoms with Crippen LogP contribution in [0.5, 0.6) is 17.4 Å². The van der Waals surface area contributed by atoms with Gasteiger partial charge >= 0.3 is 0 Å². The van der Waals surface area contributed by atoms with E-state index in [1.807, 2.05) is 60.7 Å². The second-order valence-electron chi connectivity index (χ2n) is 6.41. The number of benzene rings is 2. The van der Waals surface area contributed by atoms with Crippen molar-refractivity contribution in [1.82, 2.24) is 10.3 Å². The van der Waals surface area contributed by atoms with Crippen LogP contribution in [0.25, 0.3) is 0 Å². The normalized spacial score (nSPS) is 10.6. The summed E-state index contributed by atoms with van der Waals surface area (Å²) >= 11 is 6.06. The molecule has 0 aliphatic carbocycles. The number of hydrogen-bond donors (Lipinski definition) is 1. The number of halogens is 1. The average Bonchev–Trinajstić information content (AvgIpc) is 2.75. The summed E-state index contributed by atoms with van der Waals surface area (Å²) < 4.78 is 17.2. The molecular weight excluding hydrogens is 388 g/mol. The molecule has 0 radical (unpaired) electrons. The zero-order valence-electron chi connectivity index (χ0n) is 16.4. The van der Waals surface area contributed by atoms with Crippen molar-refractivity contribution in [3.63, 3.8) is 0 Å². The highest BCUT2D eigenvalue weighted by Gasteiger charge is 2.11. The number of methoxy groups -OCH3 is 1. The summed E-state index contributed by atoms with van der Waals surface area (Å²) in [5, 5.41) is 4.13. The van der Waals surface area contributed by atoms with E-state index in [9.17, 15) is 0 Å². The summed E-state index contributed by atoms with van der Waals surface area (Å²) in [6, 6.07) is 19.2. The van der Waals surface area contributed by atoms with E-state index in [4.69, 9.17) is 25.8 Å². The quantitative estimate of drug-likeness (QED) is 0.455. The number of hydrogen-bond acceptors (Lipinski definition) is 5. The minimum absolute atomic E-state index is 0.422. The van der Waals surface area contributed by atoms with Crippen molar-refractivity contribution in [2.24, 2.45) is 0 Å². The first-order chi connectivity index (χ1) is 14.3. The van der Waals surface area contributed by atoms with Gasteiger partial charge in [0.05, 0.1) is 13.7 Å². The van der Waals surface area contributed by atoms with E-state index in [0.717, 1.165) is 29.8 Å². The molecule has 29 heavy (non-hydrogen) atoms. The Morgan fingerprint density at radius 3 is 2.69 bits per heavy atom. The van der Waals surface area contributed by atoms with Crippen LogP contribution < -0.4 is 19.5 Å². The molecule has 0 unspecified atom stereocenters. The topological polar surface area (TPSA) is 52.6 Å². The molecule has 0 bridgehead atoms. The standard InChI is InChI=1S/C23H25ClN2O3/c1-27-21-10-5-8-19(23(21)29-17-18-7-4-9-20(24)15-18)16-25-12-6-14-28-22-11-2-3-13-26-22/h2-5,7-11,13,15,25H,6,12,14,16-17H2,1H3. The maximum absolute atomic E-state index is 6.08. The van der Waals surface area contributed by atoms with Crippen molar-refractivity contribution in [2.45, 2.75) is 19.6 Å². The van der Waals surface area contributed by atoms with Gasteiger partial charge in [0.2, 0.25) is 5.88 Å². The Morgan fingerprint density at radius 2 is 1.90 bits per heavy atom. The molecule has 0 aliphatic rings. The molecule has 1 N–H and O–H groups in total. The van der Waals surface area contributed by atoms with Gasteiger partial charge in [-0.1, -0.05) is 41.9 Å². The molecule has 152 valence electrons. The van der Waals surface area contributed by atoms with Crippen LogP contribution in [0.1, 0.15) is 17.5 Å². The minimum Gasteiger partial charge on any atom is -0.493 e. The van der Waals surface area contributed by atoms with E-state index in [-0.39, 0.29) is 0 Å². The molecule has 0 fully saturated rings. The Labute approximate surface area is 176 Å². The van der Waals surface area contributed by atoms with Crippen molar-refractivity contribution in [2.75, 3.05) is 20.3 Å². The molecule has 6 heteroatoms. The fourth-order valence-electron chi connectivity index (χ4n) is 2.84. The lowest BCUT2D eigenvalue weighted by Crippen LogP contribution is -2.18. The highest BCUT2D eigenvalue weighted by Crippen LogP contribution is 2.32. The van der Waals surface area contributed by atoms with Crippen LogP contribution in [-0.4, -0.2) is 25.2 Å². The van der Waals surface area contributed by atoms with Crippen molar-refractivity contribution in [1.29, 1.82) is 0 Å². The second kappa shape index (κ2) is 11.3. The van der Waals surface area contributed by atoms with E-state index in [1.165, 1.54) is 0 Å². The summed E-state index contributed by atoms with van der Waals surface area (Å²) in [6.45, 7) is 2.52. The second-order valence-corrected chi connectivity index (χ2v) is 6.85. The molecule has 3 rings (SSSR count). The summed E-state index contributed by atoms with van der Waals surface area (Å²) in [5.74, 6) is 2.11. The first-order valence-corrected chi connectivity index (χ1v) is 9.91. The third kappa shape index (κ3) is 6.66. The summed E-state index contributed by atoms with van der Waals surface area (Å²) in [5.41, 5.74) is 2.05. The summed E-state index contributed by atoms with van der Waals surface area (Å²) in [7, 11) is 1.65. The van der Waals surface area contributed by atoms with Gasteiger partial charge < -0.3 is 19.5 Å². The maximum atomic E-state index is 6.08. The SMILES string of the molecule is COc1cccc(CNCCCOc2ccccn2)c1OCc1cccc(Cl)c1. The van der Waals surface area contributed by atoms with Crippen molar-refractivity contribution >= 4 is 11.6 Å². The lowest BCUT2D eigenvalue weighted by molar-refractivity contribution is 0.279. The largest absolute Gasteiger partial charge is 0.493 e. The van der Waals surface area contributed by atoms with Crippen LogP contribution in [-0.2, 0) is 13.2 Å². The molecular formula is C23H25ClN2O3. The van der Waals surface area contributed by atoms with Crippen molar-refractivity contribution < 1.29 is 14.2 Å². The van der Waals surface area contributed by atoms with Gasteiger partial charge in [-0.05, 0) is 42.8 Å². The van der Waals surface area contributed by atoms with Gasteiger partial charge in [0.1, 0.15) is 6.61 Å². The number of aromatic nitrogens is 1. The number of nitrogens with zero attached hydrogens (tertiary/aromatic N) is 1. The van der Waals surface area contributed by atoms with E-state index >= 15 is 0 Å². The Bertz CT molecular complexity index is 890. The first kappa shape index (κ1) is 21.0. The van der Waals surface area contributed by atoms with Crippen LogP contribution >= 0.6 is 11.6 Å². The molecule has 0 aliphatic heterocycles. The predicted molar refractivity (Wildman–Crippen MR) is 115 cm³/mol. The molecule has 0 amide bonds. The summed E-state index contributed by atoms with van der Waals surface area (Å²) in [4.78, 5) is 4.14. The van der Waals surface area contributed by atoms with Crippen LogP contribution in [0, 0.1) is 0 Å². The number of ether oxygens (including phenoxy) is 3. The summed E-state index contributed by atoms with van der Waals surface area (Å²) in [6.07, 6.45) is 2.60. The third-order valence-corrected chi connectivity index (χ3v) is 4.49. The lowest BCUT2D eigenvalue weighted by atomic mass is 10.1. The zero-order valence-corrected chi connectivity index (χ0v) is 17.2. The third-order valence-electron chi connectivity index (χ3n) is 4.25. The van der Waals surface area contributed by atoms with Crippen LogP contribution in [0.15, 0.2) is 66.9 Å². The van der Waals surface area contributed by atoms with E-state index in [1.54, 1.807) is 13.3 Å². The Kier molecular flexibility index (Phi) is 8.16. The number of pyridine rings is 1. The number of rotatable bonds is 11. The van der Waals surface area contributed by atoms with Gasteiger partial charge in [0, 0.05) is 29.4 Å². The fourth-order valence-corrected chi connectivity index (χ4v) is 3.05. The first-order valence-electron chi connectivity index (χ1n) is 9.54. The van der Waals surface area contributed by atoms with E-state index in [0.29, 0.717) is 36.4 Å². The molecule has 5 nitrogen and oxygen atoms in total. The van der Waals surface area contributed by atoms with Crippen molar-refractivity contribution in [3.8, 4) is 17.4 Å². The van der Waals surface area contributed by atoms with E-state index in [2.05, 4.69) is 10.3 Å². The number of para-hydroxylation sites is 1. The molecule has 0 saturated carbocycles. The van der Waals surface area contributed by atoms with Crippen LogP contribution in [0.2, 0.25) is 5.02 Å². The van der Waals surface area contributed by atoms with Crippen LogP contribution in [0.3, 0.4) is 0 Å². The highest BCUT2D eigenvalue weighted by atomic mass is 35.5. The van der Waals surface area contributed by atoms with Crippen LogP contribution in [0.4, 0.5) is 0 Å². The van der Waals surface area contributed by atoms with Gasteiger partial charge in [-0.15, -0.1) is 0 Å². The smallest absolute Gasteiger partial charge is 0.213 e. The zero-order chi connectivity index (χ0) is 20.3. The highest BCUT2D eigenvalue weighted by molar-refractivity contribution is 6.30. The monoisotopic (exact) mass is 412 g/mol. The average molecular weight is 413 g/mol. The molecule has 1 aromatic heterocycles. The van der Waals surface area contributed by atoms with Gasteiger partial charge in [-0.2, -0.15) is 0 Å². The molecule has 3 aromatic rings. The Morgan fingerprint density at radius 1 is 1.00 bits per heavy atom. The van der Waals surface area contributed by atoms with Crippen molar-refractivity contribution in [3.05, 3.63) is 83.0 Å². The van der Waals surface area contributed by atoms with Gasteiger partial charge in [-0.25, -0.2) is 4.98 Å².